The fraction of sp³-hybridized carbons (Fsp3) is 0.385. The van der Waals surface area contributed by atoms with Crippen LogP contribution < -0.4 is 5.32 Å². The molecule has 0 spiro atoms. The summed E-state index contributed by atoms with van der Waals surface area (Å²) < 4.78 is 6.75. The number of alkyl carbamates (subject to hydrolysis) is 1. The third-order valence-corrected chi connectivity index (χ3v) is 2.33. The van der Waals surface area contributed by atoms with Gasteiger partial charge in [0.1, 0.15) is 5.60 Å². The Bertz CT molecular complexity index is 548. The number of rotatable bonds is 3. The van der Waals surface area contributed by atoms with Crippen LogP contribution in [-0.4, -0.2) is 31.7 Å². The summed E-state index contributed by atoms with van der Waals surface area (Å²) in [4.78, 5) is 16.1. The Morgan fingerprint density at radius 2 is 2.15 bits per heavy atom. The average Bonchev–Trinajstić information content (AvgIpc) is 2.88. The molecule has 1 N–H and O–H groups in total. The SMILES string of the molecule is CC(C)(C)OC(=O)NC(c1ccccn1)n1ccnn1. The maximum atomic E-state index is 11.9. The Morgan fingerprint density at radius 1 is 1.35 bits per heavy atom. The van der Waals surface area contributed by atoms with E-state index in [9.17, 15) is 4.79 Å². The zero-order valence-corrected chi connectivity index (χ0v) is 11.6. The molecule has 2 aromatic rings. The first-order chi connectivity index (χ1) is 9.46. The molecule has 0 aliphatic heterocycles. The Balaban J connectivity index is 2.19. The number of hydrogen-bond donors (Lipinski definition) is 1. The fourth-order valence-electron chi connectivity index (χ4n) is 1.59. The van der Waals surface area contributed by atoms with E-state index >= 15 is 0 Å². The van der Waals surface area contributed by atoms with E-state index in [1.807, 2.05) is 6.07 Å². The van der Waals surface area contributed by atoms with Crippen LogP contribution in [0, 0.1) is 0 Å². The summed E-state index contributed by atoms with van der Waals surface area (Å²) in [6.07, 6.45) is 3.73. The Kier molecular flexibility index (Phi) is 3.97. The first-order valence-corrected chi connectivity index (χ1v) is 6.22. The van der Waals surface area contributed by atoms with Crippen molar-refractivity contribution >= 4 is 6.09 Å². The third kappa shape index (κ3) is 3.78. The van der Waals surface area contributed by atoms with Crippen molar-refractivity contribution in [1.82, 2.24) is 25.3 Å². The van der Waals surface area contributed by atoms with Crippen LogP contribution in [0.3, 0.4) is 0 Å². The van der Waals surface area contributed by atoms with Crippen molar-refractivity contribution < 1.29 is 9.53 Å². The molecular formula is C13H17N5O2. The molecule has 0 fully saturated rings. The van der Waals surface area contributed by atoms with Crippen LogP contribution in [0.5, 0.6) is 0 Å². The molecule has 1 atom stereocenters. The van der Waals surface area contributed by atoms with E-state index in [0.29, 0.717) is 5.69 Å². The van der Waals surface area contributed by atoms with Gasteiger partial charge in [-0.05, 0) is 32.9 Å². The van der Waals surface area contributed by atoms with Crippen molar-refractivity contribution in [2.24, 2.45) is 0 Å². The van der Waals surface area contributed by atoms with Gasteiger partial charge in [0.25, 0.3) is 0 Å². The minimum Gasteiger partial charge on any atom is -0.444 e. The van der Waals surface area contributed by atoms with E-state index in [4.69, 9.17) is 4.74 Å². The number of pyridine rings is 1. The van der Waals surface area contributed by atoms with Crippen molar-refractivity contribution in [3.63, 3.8) is 0 Å². The summed E-state index contributed by atoms with van der Waals surface area (Å²) in [7, 11) is 0. The maximum absolute atomic E-state index is 11.9. The number of carbonyl (C=O) groups excluding carboxylic acids is 1. The van der Waals surface area contributed by atoms with Gasteiger partial charge in [0, 0.05) is 12.4 Å². The first kappa shape index (κ1) is 14.0. The van der Waals surface area contributed by atoms with Crippen molar-refractivity contribution in [3.05, 3.63) is 42.5 Å². The van der Waals surface area contributed by atoms with Crippen LogP contribution in [0.1, 0.15) is 32.6 Å². The molecule has 2 heterocycles. The molecule has 20 heavy (non-hydrogen) atoms. The van der Waals surface area contributed by atoms with Crippen molar-refractivity contribution in [1.29, 1.82) is 0 Å². The quantitative estimate of drug-likeness (QED) is 0.922. The lowest BCUT2D eigenvalue weighted by molar-refractivity contribution is 0.0489. The van der Waals surface area contributed by atoms with Gasteiger partial charge in [-0.1, -0.05) is 11.3 Å². The molecule has 0 saturated heterocycles. The number of ether oxygens (including phenoxy) is 1. The van der Waals surface area contributed by atoms with Crippen LogP contribution in [-0.2, 0) is 4.74 Å². The molecular weight excluding hydrogens is 258 g/mol. The Hall–Kier alpha value is -2.44. The monoisotopic (exact) mass is 275 g/mol. The summed E-state index contributed by atoms with van der Waals surface area (Å²) in [6.45, 7) is 5.41. The van der Waals surface area contributed by atoms with Crippen molar-refractivity contribution in [2.45, 2.75) is 32.5 Å². The Morgan fingerprint density at radius 3 is 2.70 bits per heavy atom. The Labute approximate surface area is 117 Å². The standard InChI is InChI=1S/C13H17N5O2/c1-13(2,3)20-12(19)16-11(18-9-8-15-17-18)10-6-4-5-7-14-10/h4-9,11H,1-3H3,(H,16,19). The summed E-state index contributed by atoms with van der Waals surface area (Å²) in [6, 6.07) is 5.43. The predicted molar refractivity (Wildman–Crippen MR) is 71.8 cm³/mol. The largest absolute Gasteiger partial charge is 0.444 e. The number of nitrogens with one attached hydrogen (secondary N) is 1. The van der Waals surface area contributed by atoms with Crippen LogP contribution in [0.15, 0.2) is 36.8 Å². The molecule has 0 bridgehead atoms. The van der Waals surface area contributed by atoms with Crippen molar-refractivity contribution in [3.8, 4) is 0 Å². The molecule has 0 aliphatic carbocycles. The summed E-state index contributed by atoms with van der Waals surface area (Å²) in [5.41, 5.74) is 0.0741. The second-order valence-corrected chi connectivity index (χ2v) is 5.19. The highest BCUT2D eigenvalue weighted by Crippen LogP contribution is 2.13. The molecule has 0 aliphatic rings. The fourth-order valence-corrected chi connectivity index (χ4v) is 1.59. The molecule has 0 saturated carbocycles. The van der Waals surface area contributed by atoms with E-state index in [2.05, 4.69) is 20.6 Å². The van der Waals surface area contributed by atoms with Crippen LogP contribution in [0.25, 0.3) is 0 Å². The summed E-state index contributed by atoms with van der Waals surface area (Å²) in [5.74, 6) is 0. The first-order valence-electron chi connectivity index (χ1n) is 6.22. The third-order valence-electron chi connectivity index (χ3n) is 2.33. The topological polar surface area (TPSA) is 81.9 Å². The van der Waals surface area contributed by atoms with Gasteiger partial charge < -0.3 is 4.74 Å². The lowest BCUT2D eigenvalue weighted by Crippen LogP contribution is -2.38. The van der Waals surface area contributed by atoms with Crippen LogP contribution in [0.2, 0.25) is 0 Å². The van der Waals surface area contributed by atoms with Gasteiger partial charge >= 0.3 is 6.09 Å². The second kappa shape index (κ2) is 5.68. The minimum atomic E-state index is -0.568. The molecule has 1 unspecified atom stereocenters. The lowest BCUT2D eigenvalue weighted by Gasteiger charge is -2.23. The van der Waals surface area contributed by atoms with Gasteiger partial charge in [-0.2, -0.15) is 0 Å². The highest BCUT2D eigenvalue weighted by Gasteiger charge is 2.22. The second-order valence-electron chi connectivity index (χ2n) is 5.19. The van der Waals surface area contributed by atoms with Crippen LogP contribution in [0.4, 0.5) is 4.79 Å². The lowest BCUT2D eigenvalue weighted by atomic mass is 10.2. The molecule has 7 nitrogen and oxygen atoms in total. The minimum absolute atomic E-state index is 0.538. The van der Waals surface area contributed by atoms with Gasteiger partial charge in [0.2, 0.25) is 0 Å². The molecule has 7 heteroatoms. The number of nitrogens with zero attached hydrogens (tertiary/aromatic N) is 4. The van der Waals surface area contributed by atoms with E-state index in [0.717, 1.165) is 0 Å². The molecule has 1 amide bonds. The smallest absolute Gasteiger partial charge is 0.409 e. The normalized spacial score (nSPS) is 12.8. The van der Waals surface area contributed by atoms with E-state index in [1.165, 1.54) is 10.9 Å². The zero-order valence-electron chi connectivity index (χ0n) is 11.6. The van der Waals surface area contributed by atoms with E-state index < -0.39 is 17.9 Å². The highest BCUT2D eigenvalue weighted by atomic mass is 16.6. The zero-order chi connectivity index (χ0) is 14.6. The maximum Gasteiger partial charge on any atom is 0.409 e. The van der Waals surface area contributed by atoms with Gasteiger partial charge in [-0.15, -0.1) is 5.10 Å². The number of carbonyl (C=O) groups is 1. The van der Waals surface area contributed by atoms with Crippen molar-refractivity contribution in [2.75, 3.05) is 0 Å². The van der Waals surface area contributed by atoms with Gasteiger partial charge in [-0.3, -0.25) is 10.3 Å². The summed E-state index contributed by atoms with van der Waals surface area (Å²) >= 11 is 0. The number of amides is 1. The van der Waals surface area contributed by atoms with Gasteiger partial charge in [0.05, 0.1) is 11.9 Å². The number of hydrogen-bond acceptors (Lipinski definition) is 5. The average molecular weight is 275 g/mol. The molecule has 0 aromatic carbocycles. The van der Waals surface area contributed by atoms with Gasteiger partial charge in [-0.25, -0.2) is 9.48 Å². The molecule has 2 rings (SSSR count). The molecule has 2 aromatic heterocycles. The predicted octanol–water partition coefficient (Wildman–Crippen LogP) is 1.74. The highest BCUT2D eigenvalue weighted by molar-refractivity contribution is 5.68. The number of aromatic nitrogens is 4. The van der Waals surface area contributed by atoms with E-state index in [-0.39, 0.29) is 0 Å². The summed E-state index contributed by atoms with van der Waals surface area (Å²) in [5, 5.41) is 10.4. The van der Waals surface area contributed by atoms with E-state index in [1.54, 1.807) is 45.3 Å². The molecule has 0 radical (unpaired) electrons. The van der Waals surface area contributed by atoms with Gasteiger partial charge in [0.15, 0.2) is 6.17 Å². The molecule has 106 valence electrons. The van der Waals surface area contributed by atoms with Crippen LogP contribution >= 0.6 is 0 Å².